The molecule has 1 saturated carbocycles. The zero-order valence-corrected chi connectivity index (χ0v) is 17.7. The second kappa shape index (κ2) is 10.8. The molecule has 0 aromatic carbocycles. The molecule has 0 radical (unpaired) electrons. The summed E-state index contributed by atoms with van der Waals surface area (Å²) in [4.78, 5) is 20.0. The third-order valence-electron chi connectivity index (χ3n) is 7.10. The number of nitrogens with zero attached hydrogens (tertiary/aromatic N) is 3. The highest BCUT2D eigenvalue weighted by Gasteiger charge is 2.37. The molecule has 0 aromatic rings. The highest BCUT2D eigenvalue weighted by atomic mass is 16.5. The SMILES string of the molecule is CCN(CC)CCCC1CCN(CC(=O)N2CCO[C@@H]3CCCC[C@H]32)CC1. The van der Waals surface area contributed by atoms with E-state index in [0.717, 1.165) is 45.0 Å². The molecule has 3 rings (SSSR count). The molecule has 2 saturated heterocycles. The number of hydrogen-bond donors (Lipinski definition) is 0. The first-order chi connectivity index (χ1) is 13.2. The monoisotopic (exact) mass is 379 g/mol. The first kappa shape index (κ1) is 21.1. The fourth-order valence-electron chi connectivity index (χ4n) is 5.26. The summed E-state index contributed by atoms with van der Waals surface area (Å²) in [5, 5.41) is 0. The lowest BCUT2D eigenvalue weighted by Crippen LogP contribution is -2.57. The maximum Gasteiger partial charge on any atom is 0.237 e. The molecular formula is C22H41N3O2. The first-order valence-electron chi connectivity index (χ1n) is 11.6. The maximum absolute atomic E-state index is 12.9. The minimum atomic E-state index is 0.299. The van der Waals surface area contributed by atoms with Crippen molar-refractivity contribution in [1.82, 2.24) is 14.7 Å². The van der Waals surface area contributed by atoms with Crippen molar-refractivity contribution in [3.63, 3.8) is 0 Å². The van der Waals surface area contributed by atoms with Gasteiger partial charge in [0.25, 0.3) is 0 Å². The molecular weight excluding hydrogens is 338 g/mol. The lowest BCUT2D eigenvalue weighted by Gasteiger charge is -2.44. The van der Waals surface area contributed by atoms with Gasteiger partial charge in [0, 0.05) is 6.54 Å². The van der Waals surface area contributed by atoms with Crippen LogP contribution in [0, 0.1) is 5.92 Å². The van der Waals surface area contributed by atoms with Crippen LogP contribution in [0.1, 0.15) is 65.2 Å². The molecule has 5 heteroatoms. The molecule has 2 atom stereocenters. The van der Waals surface area contributed by atoms with E-state index in [-0.39, 0.29) is 0 Å². The molecule has 156 valence electrons. The number of rotatable bonds is 8. The molecule has 3 fully saturated rings. The third kappa shape index (κ3) is 5.91. The van der Waals surface area contributed by atoms with E-state index in [1.807, 2.05) is 0 Å². The molecule has 0 N–H and O–H groups in total. The molecule has 0 bridgehead atoms. The Bertz CT molecular complexity index is 445. The molecule has 5 nitrogen and oxygen atoms in total. The Labute approximate surface area is 166 Å². The van der Waals surface area contributed by atoms with Crippen LogP contribution in [0.4, 0.5) is 0 Å². The fourth-order valence-corrected chi connectivity index (χ4v) is 5.26. The number of ether oxygens (including phenoxy) is 1. The minimum absolute atomic E-state index is 0.299. The van der Waals surface area contributed by atoms with Gasteiger partial charge >= 0.3 is 0 Å². The van der Waals surface area contributed by atoms with E-state index >= 15 is 0 Å². The van der Waals surface area contributed by atoms with Crippen LogP contribution in [0.15, 0.2) is 0 Å². The molecule has 2 aliphatic heterocycles. The predicted octanol–water partition coefficient (Wildman–Crippen LogP) is 2.99. The Morgan fingerprint density at radius 3 is 2.52 bits per heavy atom. The van der Waals surface area contributed by atoms with Crippen molar-refractivity contribution in [2.75, 3.05) is 52.4 Å². The van der Waals surface area contributed by atoms with Gasteiger partial charge in [0.1, 0.15) is 0 Å². The van der Waals surface area contributed by atoms with Gasteiger partial charge in [-0.25, -0.2) is 0 Å². The van der Waals surface area contributed by atoms with E-state index in [2.05, 4.69) is 28.5 Å². The standard InChI is InChI=1S/C22H41N3O2/c1-3-23(4-2)13-7-8-19-11-14-24(15-12-19)18-22(26)25-16-17-27-21-10-6-5-9-20(21)25/h19-21H,3-18H2,1-2H3/t20-,21-/m1/s1. The summed E-state index contributed by atoms with van der Waals surface area (Å²) in [6.07, 6.45) is 10.3. The quantitative estimate of drug-likeness (QED) is 0.650. The zero-order chi connectivity index (χ0) is 19.1. The summed E-state index contributed by atoms with van der Waals surface area (Å²) in [6, 6.07) is 0.345. The Morgan fingerprint density at radius 1 is 1.04 bits per heavy atom. The molecule has 0 unspecified atom stereocenters. The van der Waals surface area contributed by atoms with Gasteiger partial charge < -0.3 is 14.5 Å². The lowest BCUT2D eigenvalue weighted by molar-refractivity contribution is -0.151. The number of fused-ring (bicyclic) bond motifs is 1. The highest BCUT2D eigenvalue weighted by molar-refractivity contribution is 5.78. The number of piperidine rings is 1. The number of carbonyl (C=O) groups excluding carboxylic acids is 1. The van der Waals surface area contributed by atoms with Crippen LogP contribution < -0.4 is 0 Å². The predicted molar refractivity (Wildman–Crippen MR) is 110 cm³/mol. The molecule has 3 aliphatic rings. The Hall–Kier alpha value is -0.650. The molecule has 1 aliphatic carbocycles. The zero-order valence-electron chi connectivity index (χ0n) is 17.7. The van der Waals surface area contributed by atoms with Crippen molar-refractivity contribution in [2.24, 2.45) is 5.92 Å². The van der Waals surface area contributed by atoms with E-state index in [9.17, 15) is 4.79 Å². The van der Waals surface area contributed by atoms with E-state index < -0.39 is 0 Å². The average molecular weight is 380 g/mol. The summed E-state index contributed by atoms with van der Waals surface area (Å²) in [6.45, 7) is 12.4. The fraction of sp³-hybridized carbons (Fsp3) is 0.955. The Balaban J connectivity index is 1.36. The minimum Gasteiger partial charge on any atom is -0.374 e. The van der Waals surface area contributed by atoms with Crippen LogP contribution in [-0.4, -0.2) is 85.2 Å². The number of amides is 1. The van der Waals surface area contributed by atoms with Crippen LogP contribution in [0.5, 0.6) is 0 Å². The topological polar surface area (TPSA) is 36.0 Å². The molecule has 0 aromatic heterocycles. The normalized spacial score (nSPS) is 27.7. The summed E-state index contributed by atoms with van der Waals surface area (Å²) < 4.78 is 5.93. The highest BCUT2D eigenvalue weighted by Crippen LogP contribution is 2.29. The van der Waals surface area contributed by atoms with Gasteiger partial charge in [-0.15, -0.1) is 0 Å². The van der Waals surface area contributed by atoms with Gasteiger partial charge in [-0.3, -0.25) is 9.69 Å². The number of likely N-dealkylation sites (tertiary alicyclic amines) is 1. The lowest BCUT2D eigenvalue weighted by atomic mass is 9.90. The van der Waals surface area contributed by atoms with Crippen LogP contribution >= 0.6 is 0 Å². The third-order valence-corrected chi connectivity index (χ3v) is 7.10. The van der Waals surface area contributed by atoms with Gasteiger partial charge in [0.2, 0.25) is 5.91 Å². The summed E-state index contributed by atoms with van der Waals surface area (Å²) in [7, 11) is 0. The Morgan fingerprint density at radius 2 is 1.78 bits per heavy atom. The first-order valence-corrected chi connectivity index (χ1v) is 11.6. The van der Waals surface area contributed by atoms with Crippen molar-refractivity contribution in [3.8, 4) is 0 Å². The van der Waals surface area contributed by atoms with E-state index in [4.69, 9.17) is 4.74 Å². The smallest absolute Gasteiger partial charge is 0.237 e. The molecule has 27 heavy (non-hydrogen) atoms. The number of morpholine rings is 1. The van der Waals surface area contributed by atoms with E-state index in [0.29, 0.717) is 24.6 Å². The van der Waals surface area contributed by atoms with Crippen molar-refractivity contribution in [1.29, 1.82) is 0 Å². The maximum atomic E-state index is 12.9. The van der Waals surface area contributed by atoms with Crippen LogP contribution in [-0.2, 0) is 9.53 Å². The van der Waals surface area contributed by atoms with E-state index in [1.165, 1.54) is 58.2 Å². The van der Waals surface area contributed by atoms with Gasteiger partial charge in [-0.1, -0.05) is 26.7 Å². The second-order valence-corrected chi connectivity index (χ2v) is 8.74. The van der Waals surface area contributed by atoms with Crippen molar-refractivity contribution in [3.05, 3.63) is 0 Å². The average Bonchev–Trinajstić information content (AvgIpc) is 2.72. The van der Waals surface area contributed by atoms with Crippen LogP contribution in [0.3, 0.4) is 0 Å². The van der Waals surface area contributed by atoms with Gasteiger partial charge in [-0.05, 0) is 77.2 Å². The summed E-state index contributed by atoms with van der Waals surface area (Å²) in [5.74, 6) is 1.20. The van der Waals surface area contributed by atoms with Crippen LogP contribution in [0.2, 0.25) is 0 Å². The van der Waals surface area contributed by atoms with Gasteiger partial charge in [0.05, 0.1) is 25.3 Å². The van der Waals surface area contributed by atoms with Gasteiger partial charge in [0.15, 0.2) is 0 Å². The molecule has 1 amide bonds. The largest absolute Gasteiger partial charge is 0.374 e. The van der Waals surface area contributed by atoms with Crippen molar-refractivity contribution < 1.29 is 9.53 Å². The van der Waals surface area contributed by atoms with E-state index in [1.54, 1.807) is 0 Å². The summed E-state index contributed by atoms with van der Waals surface area (Å²) >= 11 is 0. The molecule has 2 heterocycles. The van der Waals surface area contributed by atoms with Crippen LogP contribution in [0.25, 0.3) is 0 Å². The van der Waals surface area contributed by atoms with Crippen molar-refractivity contribution in [2.45, 2.75) is 77.4 Å². The number of hydrogen-bond acceptors (Lipinski definition) is 4. The summed E-state index contributed by atoms with van der Waals surface area (Å²) in [5.41, 5.74) is 0. The number of carbonyl (C=O) groups is 1. The van der Waals surface area contributed by atoms with Gasteiger partial charge in [-0.2, -0.15) is 0 Å². The molecule has 0 spiro atoms. The second-order valence-electron chi connectivity index (χ2n) is 8.74. The van der Waals surface area contributed by atoms with Crippen molar-refractivity contribution >= 4 is 5.91 Å². The Kier molecular flexibility index (Phi) is 8.41.